The van der Waals surface area contributed by atoms with Crippen molar-refractivity contribution in [1.82, 2.24) is 4.90 Å². The first kappa shape index (κ1) is 12.9. The Balaban J connectivity index is 2.28. The number of carboxylic acid groups (broad SMARTS) is 1. The lowest BCUT2D eigenvalue weighted by Crippen LogP contribution is -2.38. The van der Waals surface area contributed by atoms with Crippen molar-refractivity contribution >= 4 is 33.4 Å². The predicted molar refractivity (Wildman–Crippen MR) is 72.7 cm³/mol. The Labute approximate surface area is 114 Å². The molecule has 1 aliphatic rings. The lowest BCUT2D eigenvalue weighted by Gasteiger charge is -2.33. The summed E-state index contributed by atoms with van der Waals surface area (Å²) in [6, 6.07) is 2.20. The van der Waals surface area contributed by atoms with Crippen molar-refractivity contribution in [2.45, 2.75) is 38.6 Å². The highest BCUT2D eigenvalue weighted by Crippen LogP contribution is 2.40. The maximum Gasteiger partial charge on any atom is 0.407 e. The summed E-state index contributed by atoms with van der Waals surface area (Å²) >= 11 is 5.18. The molecule has 1 unspecified atom stereocenters. The summed E-state index contributed by atoms with van der Waals surface area (Å²) in [6.07, 6.45) is 3.16. The monoisotopic (exact) mass is 317 g/mol. The van der Waals surface area contributed by atoms with Crippen molar-refractivity contribution in [3.8, 4) is 0 Å². The maximum absolute atomic E-state index is 11.3. The molecular weight excluding hydrogens is 302 g/mol. The van der Waals surface area contributed by atoms with E-state index in [1.807, 2.05) is 0 Å². The van der Waals surface area contributed by atoms with E-state index in [9.17, 15) is 9.90 Å². The van der Waals surface area contributed by atoms with Crippen LogP contribution in [0.5, 0.6) is 0 Å². The molecule has 0 spiro atoms. The molecule has 1 aromatic rings. The molecule has 0 fully saturated rings. The largest absolute Gasteiger partial charge is 0.465 e. The number of carbonyl (C=O) groups is 1. The van der Waals surface area contributed by atoms with E-state index < -0.39 is 6.09 Å². The fourth-order valence-electron chi connectivity index (χ4n) is 2.34. The van der Waals surface area contributed by atoms with Crippen molar-refractivity contribution < 1.29 is 9.90 Å². The van der Waals surface area contributed by atoms with Gasteiger partial charge in [-0.25, -0.2) is 4.79 Å². The molecule has 3 nitrogen and oxygen atoms in total. The van der Waals surface area contributed by atoms with Crippen LogP contribution in [-0.4, -0.2) is 22.6 Å². The second-order valence-electron chi connectivity index (χ2n) is 4.32. The van der Waals surface area contributed by atoms with Crippen molar-refractivity contribution in [2.75, 3.05) is 6.54 Å². The molecular formula is C12H16BrNO2S. The normalized spacial score (nSPS) is 19.2. The van der Waals surface area contributed by atoms with Crippen LogP contribution < -0.4 is 0 Å². The summed E-state index contributed by atoms with van der Waals surface area (Å²) in [4.78, 5) is 14.1. The molecule has 0 bridgehead atoms. The minimum atomic E-state index is -0.790. The van der Waals surface area contributed by atoms with E-state index >= 15 is 0 Å². The van der Waals surface area contributed by atoms with Crippen LogP contribution in [0.2, 0.25) is 0 Å². The lowest BCUT2D eigenvalue weighted by atomic mass is 9.98. The van der Waals surface area contributed by atoms with Crippen LogP contribution >= 0.6 is 27.3 Å². The number of hydrogen-bond donors (Lipinski definition) is 1. The first-order valence-electron chi connectivity index (χ1n) is 5.91. The van der Waals surface area contributed by atoms with Gasteiger partial charge in [-0.2, -0.15) is 0 Å². The van der Waals surface area contributed by atoms with E-state index in [1.165, 1.54) is 10.4 Å². The quantitative estimate of drug-likeness (QED) is 0.904. The summed E-state index contributed by atoms with van der Waals surface area (Å²) < 4.78 is 1.11. The van der Waals surface area contributed by atoms with E-state index in [1.54, 1.807) is 16.2 Å². The van der Waals surface area contributed by atoms with Gasteiger partial charge in [-0.15, -0.1) is 11.3 Å². The molecule has 0 saturated carbocycles. The van der Waals surface area contributed by atoms with Gasteiger partial charge >= 0.3 is 6.09 Å². The average molecular weight is 318 g/mol. The standard InChI is InChI=1S/C12H16BrNO2S/c1-2-3-4-9-11-8(7-10(13)17-11)5-6-14(9)12(15)16/h7,9H,2-6H2,1H3,(H,15,16). The van der Waals surface area contributed by atoms with Crippen LogP contribution in [0.25, 0.3) is 0 Å². The van der Waals surface area contributed by atoms with Gasteiger partial charge in [0.2, 0.25) is 0 Å². The predicted octanol–water partition coefficient (Wildman–Crippen LogP) is 4.28. The van der Waals surface area contributed by atoms with E-state index in [4.69, 9.17) is 0 Å². The van der Waals surface area contributed by atoms with Gasteiger partial charge in [-0.3, -0.25) is 0 Å². The average Bonchev–Trinajstić information content (AvgIpc) is 2.65. The molecule has 17 heavy (non-hydrogen) atoms. The van der Waals surface area contributed by atoms with E-state index in [0.29, 0.717) is 6.54 Å². The zero-order chi connectivity index (χ0) is 12.4. The number of nitrogens with zero attached hydrogens (tertiary/aromatic N) is 1. The smallest absolute Gasteiger partial charge is 0.407 e. The number of fused-ring (bicyclic) bond motifs is 1. The Bertz CT molecular complexity index is 419. The summed E-state index contributed by atoms with van der Waals surface area (Å²) in [7, 11) is 0. The molecule has 5 heteroatoms. The van der Waals surface area contributed by atoms with Crippen molar-refractivity contribution in [2.24, 2.45) is 0 Å². The second-order valence-corrected chi connectivity index (χ2v) is 6.79. The van der Waals surface area contributed by atoms with Crippen LogP contribution in [0.1, 0.15) is 42.7 Å². The van der Waals surface area contributed by atoms with Gasteiger partial charge in [0.05, 0.1) is 9.83 Å². The fourth-order valence-corrected chi connectivity index (χ4v) is 4.22. The Hall–Kier alpha value is -0.550. The van der Waals surface area contributed by atoms with Gasteiger partial charge in [-0.05, 0) is 40.4 Å². The fraction of sp³-hybridized carbons (Fsp3) is 0.583. The number of thiophene rings is 1. The molecule has 1 aromatic heterocycles. The highest BCUT2D eigenvalue weighted by Gasteiger charge is 2.31. The molecule has 0 saturated heterocycles. The number of rotatable bonds is 3. The Morgan fingerprint density at radius 3 is 3.12 bits per heavy atom. The zero-order valence-electron chi connectivity index (χ0n) is 9.78. The SMILES string of the molecule is CCCCC1c2sc(Br)cc2CCN1C(=O)O. The first-order valence-corrected chi connectivity index (χ1v) is 7.52. The molecule has 1 aliphatic heterocycles. The Morgan fingerprint density at radius 2 is 2.47 bits per heavy atom. The topological polar surface area (TPSA) is 40.5 Å². The third kappa shape index (κ3) is 2.65. The summed E-state index contributed by atoms with van der Waals surface area (Å²) in [5.41, 5.74) is 1.32. The second kappa shape index (κ2) is 5.40. The zero-order valence-corrected chi connectivity index (χ0v) is 12.2. The molecule has 2 rings (SSSR count). The highest BCUT2D eigenvalue weighted by atomic mass is 79.9. The van der Waals surface area contributed by atoms with Crippen molar-refractivity contribution in [1.29, 1.82) is 0 Å². The summed E-state index contributed by atoms with van der Waals surface area (Å²) in [5.74, 6) is 0. The van der Waals surface area contributed by atoms with Crippen molar-refractivity contribution in [3.05, 3.63) is 20.3 Å². The first-order chi connectivity index (χ1) is 8.13. The number of halogens is 1. The molecule has 0 aliphatic carbocycles. The third-order valence-electron chi connectivity index (χ3n) is 3.19. The van der Waals surface area contributed by atoms with Gasteiger partial charge in [-0.1, -0.05) is 19.8 Å². The molecule has 0 aromatic carbocycles. The van der Waals surface area contributed by atoms with E-state index in [0.717, 1.165) is 29.5 Å². The highest BCUT2D eigenvalue weighted by molar-refractivity contribution is 9.11. The molecule has 1 atom stereocenters. The molecule has 1 amide bonds. The molecule has 2 heterocycles. The number of hydrogen-bond acceptors (Lipinski definition) is 2. The van der Waals surface area contributed by atoms with Gasteiger partial charge < -0.3 is 10.0 Å². The van der Waals surface area contributed by atoms with E-state index in [2.05, 4.69) is 28.9 Å². The van der Waals surface area contributed by atoms with Crippen LogP contribution in [0.3, 0.4) is 0 Å². The molecule has 1 N–H and O–H groups in total. The lowest BCUT2D eigenvalue weighted by molar-refractivity contribution is 0.117. The van der Waals surface area contributed by atoms with Gasteiger partial charge in [0.15, 0.2) is 0 Å². The minimum Gasteiger partial charge on any atom is -0.465 e. The number of amides is 1. The Morgan fingerprint density at radius 1 is 1.71 bits per heavy atom. The van der Waals surface area contributed by atoms with Gasteiger partial charge in [0.25, 0.3) is 0 Å². The maximum atomic E-state index is 11.3. The van der Waals surface area contributed by atoms with Gasteiger partial charge in [0.1, 0.15) is 0 Å². The molecule has 94 valence electrons. The van der Waals surface area contributed by atoms with E-state index in [-0.39, 0.29) is 6.04 Å². The number of unbranched alkanes of at least 4 members (excludes halogenated alkanes) is 1. The summed E-state index contributed by atoms with van der Waals surface area (Å²) in [6.45, 7) is 2.76. The van der Waals surface area contributed by atoms with Gasteiger partial charge in [0, 0.05) is 11.4 Å². The minimum absolute atomic E-state index is 0.0625. The molecule has 0 radical (unpaired) electrons. The third-order valence-corrected chi connectivity index (χ3v) is 4.97. The Kier molecular flexibility index (Phi) is 4.09. The van der Waals surface area contributed by atoms with Crippen molar-refractivity contribution in [3.63, 3.8) is 0 Å². The van der Waals surface area contributed by atoms with Crippen LogP contribution in [0.15, 0.2) is 9.85 Å². The summed E-state index contributed by atoms with van der Waals surface area (Å²) in [5, 5.41) is 9.26. The van der Waals surface area contributed by atoms with Crippen LogP contribution in [-0.2, 0) is 6.42 Å². The van der Waals surface area contributed by atoms with Crippen LogP contribution in [0, 0.1) is 0 Å². The van der Waals surface area contributed by atoms with Crippen LogP contribution in [0.4, 0.5) is 4.79 Å².